The highest BCUT2D eigenvalue weighted by atomic mass is 32.1. The fourth-order valence-electron chi connectivity index (χ4n) is 1.90. The maximum absolute atomic E-state index is 9.46. The second kappa shape index (κ2) is 4.43. The van der Waals surface area contributed by atoms with E-state index in [4.69, 9.17) is 0 Å². The monoisotopic (exact) mass is 240 g/mol. The van der Waals surface area contributed by atoms with E-state index >= 15 is 0 Å². The molecular weight excluding hydrogens is 220 g/mol. The van der Waals surface area contributed by atoms with Gasteiger partial charge in [0.2, 0.25) is 0 Å². The SMILES string of the molecule is CC(C)(C)c1ncc(CN2CC[C@@H](O)C2)s1. The molecule has 0 aliphatic carbocycles. The maximum Gasteiger partial charge on any atom is 0.0981 e. The largest absolute Gasteiger partial charge is 0.392 e. The zero-order chi connectivity index (χ0) is 11.8. The molecule has 0 amide bonds. The van der Waals surface area contributed by atoms with Crippen LogP contribution in [-0.4, -0.2) is 34.2 Å². The van der Waals surface area contributed by atoms with Crippen LogP contribution in [0.1, 0.15) is 37.1 Å². The predicted octanol–water partition coefficient (Wildman–Crippen LogP) is 2.01. The summed E-state index contributed by atoms with van der Waals surface area (Å²) in [6, 6.07) is 0. The Morgan fingerprint density at radius 2 is 2.31 bits per heavy atom. The molecule has 0 spiro atoms. The molecule has 1 atom stereocenters. The maximum atomic E-state index is 9.46. The number of aliphatic hydroxyl groups is 1. The summed E-state index contributed by atoms with van der Waals surface area (Å²) in [6.07, 6.45) is 2.76. The molecule has 0 unspecified atom stereocenters. The third kappa shape index (κ3) is 2.81. The number of thiazole rings is 1. The lowest BCUT2D eigenvalue weighted by Crippen LogP contribution is -2.20. The summed E-state index contributed by atoms with van der Waals surface area (Å²) in [5, 5.41) is 10.7. The number of β-amino-alcohol motifs (C(OH)–C–C–N with tert-alkyl or cyclic N) is 1. The zero-order valence-electron chi connectivity index (χ0n) is 10.2. The van der Waals surface area contributed by atoms with E-state index < -0.39 is 0 Å². The molecule has 0 radical (unpaired) electrons. The van der Waals surface area contributed by atoms with Crippen molar-refractivity contribution in [1.82, 2.24) is 9.88 Å². The van der Waals surface area contributed by atoms with Crippen LogP contribution in [0.3, 0.4) is 0 Å². The second-order valence-electron chi connectivity index (χ2n) is 5.56. The van der Waals surface area contributed by atoms with Crippen molar-refractivity contribution in [1.29, 1.82) is 0 Å². The van der Waals surface area contributed by atoms with Gasteiger partial charge in [0.1, 0.15) is 0 Å². The molecule has 1 fully saturated rings. The molecule has 4 heteroatoms. The summed E-state index contributed by atoms with van der Waals surface area (Å²) in [6.45, 7) is 9.32. The third-order valence-corrected chi connectivity index (χ3v) is 4.23. The number of likely N-dealkylation sites (tertiary alicyclic amines) is 1. The predicted molar refractivity (Wildman–Crippen MR) is 66.7 cm³/mol. The summed E-state index contributed by atoms with van der Waals surface area (Å²) in [4.78, 5) is 8.08. The van der Waals surface area contributed by atoms with Gasteiger partial charge in [-0.05, 0) is 6.42 Å². The number of aromatic nitrogens is 1. The normalized spacial score (nSPS) is 22.9. The van der Waals surface area contributed by atoms with Gasteiger partial charge in [0.05, 0.1) is 11.1 Å². The molecule has 0 aromatic carbocycles. The van der Waals surface area contributed by atoms with Gasteiger partial charge < -0.3 is 5.11 Å². The van der Waals surface area contributed by atoms with Gasteiger partial charge in [-0.3, -0.25) is 4.90 Å². The Morgan fingerprint density at radius 3 is 2.81 bits per heavy atom. The average Bonchev–Trinajstić information content (AvgIpc) is 2.74. The topological polar surface area (TPSA) is 36.4 Å². The lowest BCUT2D eigenvalue weighted by atomic mass is 9.98. The molecule has 1 N–H and O–H groups in total. The van der Waals surface area contributed by atoms with Gasteiger partial charge in [0.15, 0.2) is 0 Å². The third-order valence-electron chi connectivity index (χ3n) is 2.82. The van der Waals surface area contributed by atoms with E-state index in [0.717, 1.165) is 26.1 Å². The van der Waals surface area contributed by atoms with Crippen LogP contribution in [0.15, 0.2) is 6.20 Å². The van der Waals surface area contributed by atoms with E-state index in [1.54, 1.807) is 11.3 Å². The van der Waals surface area contributed by atoms with Gasteiger partial charge in [-0.15, -0.1) is 11.3 Å². The molecule has 90 valence electrons. The van der Waals surface area contributed by atoms with Crippen LogP contribution in [0.25, 0.3) is 0 Å². The first-order chi connectivity index (χ1) is 7.45. The van der Waals surface area contributed by atoms with Crippen molar-refractivity contribution in [2.24, 2.45) is 0 Å². The zero-order valence-corrected chi connectivity index (χ0v) is 11.0. The second-order valence-corrected chi connectivity index (χ2v) is 6.67. The van der Waals surface area contributed by atoms with Crippen LogP contribution in [0.4, 0.5) is 0 Å². The first-order valence-corrected chi connectivity index (χ1v) is 6.62. The van der Waals surface area contributed by atoms with Crippen LogP contribution in [-0.2, 0) is 12.0 Å². The Balaban J connectivity index is 1.98. The minimum absolute atomic E-state index is 0.130. The Labute approximate surface area is 101 Å². The first-order valence-electron chi connectivity index (χ1n) is 5.81. The van der Waals surface area contributed by atoms with Crippen molar-refractivity contribution < 1.29 is 5.11 Å². The van der Waals surface area contributed by atoms with Crippen molar-refractivity contribution in [2.45, 2.75) is 45.3 Å². The quantitative estimate of drug-likeness (QED) is 0.859. The summed E-state index contributed by atoms with van der Waals surface area (Å²) >= 11 is 1.79. The molecule has 1 aliphatic heterocycles. The fraction of sp³-hybridized carbons (Fsp3) is 0.750. The van der Waals surface area contributed by atoms with Crippen LogP contribution in [0.2, 0.25) is 0 Å². The van der Waals surface area contributed by atoms with Gasteiger partial charge >= 0.3 is 0 Å². The molecule has 1 aromatic heterocycles. The lowest BCUT2D eigenvalue weighted by molar-refractivity contribution is 0.175. The fourth-order valence-corrected chi connectivity index (χ4v) is 2.92. The first kappa shape index (κ1) is 12.0. The number of nitrogens with zero attached hydrogens (tertiary/aromatic N) is 2. The number of hydrogen-bond donors (Lipinski definition) is 1. The summed E-state index contributed by atoms with van der Waals surface area (Å²) in [7, 11) is 0. The highest BCUT2D eigenvalue weighted by Gasteiger charge is 2.22. The standard InChI is InChI=1S/C12H20N2OS/c1-12(2,3)11-13-6-10(16-11)8-14-5-4-9(15)7-14/h6,9,15H,4-5,7-8H2,1-3H3/t9-/m1/s1. The van der Waals surface area contributed by atoms with Crippen LogP contribution in [0.5, 0.6) is 0 Å². The Hall–Kier alpha value is -0.450. The minimum Gasteiger partial charge on any atom is -0.392 e. The number of hydrogen-bond acceptors (Lipinski definition) is 4. The Kier molecular flexibility index (Phi) is 3.33. The van der Waals surface area contributed by atoms with Crippen molar-refractivity contribution in [3.8, 4) is 0 Å². The summed E-state index contributed by atoms with van der Waals surface area (Å²) in [5.41, 5.74) is 0.146. The van der Waals surface area contributed by atoms with E-state index in [1.807, 2.05) is 6.20 Å². The van der Waals surface area contributed by atoms with Gasteiger partial charge in [-0.25, -0.2) is 4.98 Å². The molecule has 2 heterocycles. The van der Waals surface area contributed by atoms with Crippen molar-refractivity contribution in [2.75, 3.05) is 13.1 Å². The van der Waals surface area contributed by atoms with E-state index in [9.17, 15) is 5.11 Å². The molecule has 0 bridgehead atoms. The van der Waals surface area contributed by atoms with Gasteiger partial charge in [-0.2, -0.15) is 0 Å². The van der Waals surface area contributed by atoms with Gasteiger partial charge in [0, 0.05) is 36.1 Å². The highest BCUT2D eigenvalue weighted by molar-refractivity contribution is 7.11. The molecule has 1 saturated heterocycles. The molecule has 0 saturated carbocycles. The molecule has 16 heavy (non-hydrogen) atoms. The van der Waals surface area contributed by atoms with Crippen molar-refractivity contribution in [3.63, 3.8) is 0 Å². The highest BCUT2D eigenvalue weighted by Crippen LogP contribution is 2.27. The number of aliphatic hydroxyl groups excluding tert-OH is 1. The van der Waals surface area contributed by atoms with Crippen LogP contribution in [0, 0.1) is 0 Å². The van der Waals surface area contributed by atoms with E-state index in [0.29, 0.717) is 0 Å². The van der Waals surface area contributed by atoms with E-state index in [-0.39, 0.29) is 11.5 Å². The molecule has 2 rings (SSSR count). The Morgan fingerprint density at radius 1 is 1.56 bits per heavy atom. The van der Waals surface area contributed by atoms with E-state index in [1.165, 1.54) is 9.88 Å². The van der Waals surface area contributed by atoms with E-state index in [2.05, 4.69) is 30.7 Å². The van der Waals surface area contributed by atoms with Crippen LogP contribution >= 0.6 is 11.3 Å². The molecular formula is C12H20N2OS. The van der Waals surface area contributed by atoms with Crippen LogP contribution < -0.4 is 0 Å². The summed E-state index contributed by atoms with van der Waals surface area (Å²) < 4.78 is 0. The van der Waals surface area contributed by atoms with Crippen molar-refractivity contribution >= 4 is 11.3 Å². The van der Waals surface area contributed by atoms with Crippen molar-refractivity contribution in [3.05, 3.63) is 16.1 Å². The number of rotatable bonds is 2. The molecule has 3 nitrogen and oxygen atoms in total. The average molecular weight is 240 g/mol. The Bertz CT molecular complexity index is 356. The van der Waals surface area contributed by atoms with Gasteiger partial charge in [-0.1, -0.05) is 20.8 Å². The van der Waals surface area contributed by atoms with Gasteiger partial charge in [0.25, 0.3) is 0 Å². The smallest absolute Gasteiger partial charge is 0.0981 e. The molecule has 1 aliphatic rings. The minimum atomic E-state index is -0.130. The molecule has 1 aromatic rings. The summed E-state index contributed by atoms with van der Waals surface area (Å²) in [5.74, 6) is 0. The lowest BCUT2D eigenvalue weighted by Gasteiger charge is -2.14.